The van der Waals surface area contributed by atoms with Crippen molar-refractivity contribution in [1.82, 2.24) is 15.0 Å². The van der Waals surface area contributed by atoms with E-state index in [1.54, 1.807) is 19.2 Å². The Labute approximate surface area is 211 Å². The van der Waals surface area contributed by atoms with Gasteiger partial charge in [-0.25, -0.2) is 9.37 Å². The number of rotatable bonds is 9. The van der Waals surface area contributed by atoms with Crippen LogP contribution in [0.15, 0.2) is 48.3 Å². The Bertz CT molecular complexity index is 1240. The second-order valence-electron chi connectivity index (χ2n) is 9.03. The van der Waals surface area contributed by atoms with Gasteiger partial charge in [-0.3, -0.25) is 14.8 Å². The first-order valence-corrected chi connectivity index (χ1v) is 11.4. The molecule has 35 heavy (non-hydrogen) atoms. The number of aromatic nitrogens is 3. The summed E-state index contributed by atoms with van der Waals surface area (Å²) < 4.78 is 20.5. The van der Waals surface area contributed by atoms with E-state index in [4.69, 9.17) is 4.74 Å². The summed E-state index contributed by atoms with van der Waals surface area (Å²) in [6, 6.07) is 9.28. The highest BCUT2D eigenvalue weighted by molar-refractivity contribution is 7.59. The van der Waals surface area contributed by atoms with E-state index in [1.165, 1.54) is 6.20 Å². The molecule has 2 aromatic heterocycles. The minimum Gasteiger partial charge on any atom is -0.487 e. The van der Waals surface area contributed by atoms with Crippen LogP contribution in [0.5, 0.6) is 5.75 Å². The topological polar surface area (TPSA) is 85.2 Å². The van der Waals surface area contributed by atoms with Crippen molar-refractivity contribution in [2.24, 2.45) is 5.92 Å². The van der Waals surface area contributed by atoms with Crippen LogP contribution in [0, 0.1) is 18.7 Å². The van der Waals surface area contributed by atoms with E-state index in [2.05, 4.69) is 15.0 Å². The molecule has 0 aliphatic heterocycles. The lowest BCUT2D eigenvalue weighted by Crippen LogP contribution is -2.09. The fourth-order valence-corrected chi connectivity index (χ4v) is 4.05. The number of hydrogen-bond donors (Lipinski definition) is 1. The molecule has 1 aliphatic carbocycles. The van der Waals surface area contributed by atoms with Crippen LogP contribution in [0.4, 0.5) is 4.39 Å². The Balaban J connectivity index is 0.00000342. The van der Waals surface area contributed by atoms with Crippen molar-refractivity contribution in [3.05, 3.63) is 76.8 Å². The van der Waals surface area contributed by atoms with Crippen molar-refractivity contribution in [2.75, 3.05) is 0 Å². The number of carboxylic acids is 1. The van der Waals surface area contributed by atoms with Gasteiger partial charge in [0.25, 0.3) is 0 Å². The number of aliphatic carboxylic acids is 1. The molecule has 0 spiro atoms. The van der Waals surface area contributed by atoms with Gasteiger partial charge >= 0.3 is 5.97 Å². The minimum absolute atomic E-state index is 0. The highest BCUT2D eigenvalue weighted by Gasteiger charge is 2.33. The number of benzene rings is 1. The number of halogens is 1. The van der Waals surface area contributed by atoms with Crippen LogP contribution in [-0.2, 0) is 11.4 Å². The third kappa shape index (κ3) is 6.88. The van der Waals surface area contributed by atoms with Gasteiger partial charge in [0.2, 0.25) is 0 Å². The second kappa shape index (κ2) is 11.4. The zero-order chi connectivity index (χ0) is 24.2. The quantitative estimate of drug-likeness (QED) is 0.388. The molecule has 184 valence electrons. The van der Waals surface area contributed by atoms with Crippen LogP contribution in [0.3, 0.4) is 0 Å². The van der Waals surface area contributed by atoms with Crippen LogP contribution >= 0.6 is 13.5 Å². The van der Waals surface area contributed by atoms with Gasteiger partial charge in [0, 0.05) is 11.3 Å². The number of hydrogen-bond acceptors (Lipinski definition) is 5. The molecular weight excluding hydrogens is 465 g/mol. The zero-order valence-corrected chi connectivity index (χ0v) is 21.1. The molecule has 1 aliphatic rings. The maximum atomic E-state index is 14.5. The van der Waals surface area contributed by atoms with Crippen LogP contribution in [0.1, 0.15) is 61.7 Å². The summed E-state index contributed by atoms with van der Waals surface area (Å²) in [7, 11) is 0. The summed E-state index contributed by atoms with van der Waals surface area (Å²) in [5, 5.41) is 9.29. The van der Waals surface area contributed by atoms with Gasteiger partial charge in [-0.1, -0.05) is 17.7 Å². The third-order valence-corrected chi connectivity index (χ3v) is 5.78. The molecule has 2 heterocycles. The molecule has 3 aromatic rings. The number of ether oxygens (including phenoxy) is 1. The van der Waals surface area contributed by atoms with Crippen molar-refractivity contribution in [2.45, 2.75) is 52.6 Å². The second-order valence-corrected chi connectivity index (χ2v) is 9.03. The highest BCUT2D eigenvalue weighted by Crippen LogP contribution is 2.45. The van der Waals surface area contributed by atoms with Crippen LogP contribution in [0.25, 0.3) is 17.3 Å². The van der Waals surface area contributed by atoms with Crippen LogP contribution < -0.4 is 4.74 Å². The van der Waals surface area contributed by atoms with Crippen molar-refractivity contribution >= 4 is 25.5 Å². The number of carboxylic acid groups (broad SMARTS) is 1. The number of allylic oxidation sites excluding steroid dienone is 1. The first-order chi connectivity index (χ1) is 16.3. The predicted molar refractivity (Wildman–Crippen MR) is 138 cm³/mol. The lowest BCUT2D eigenvalue weighted by Gasteiger charge is -2.16. The van der Waals surface area contributed by atoms with Crippen molar-refractivity contribution in [1.29, 1.82) is 0 Å². The van der Waals surface area contributed by atoms with E-state index in [0.29, 0.717) is 40.0 Å². The zero-order valence-electron chi connectivity index (χ0n) is 20.1. The Morgan fingerprint density at radius 3 is 2.69 bits per heavy atom. The molecule has 6 nitrogen and oxygen atoms in total. The average Bonchev–Trinajstić information content (AvgIpc) is 3.63. The van der Waals surface area contributed by atoms with Gasteiger partial charge < -0.3 is 9.84 Å². The summed E-state index contributed by atoms with van der Waals surface area (Å²) in [5.74, 6) is -0.155. The van der Waals surface area contributed by atoms with Crippen LogP contribution in [0.2, 0.25) is 0 Å². The molecule has 0 bridgehead atoms. The van der Waals surface area contributed by atoms with Gasteiger partial charge in [-0.2, -0.15) is 13.5 Å². The van der Waals surface area contributed by atoms with E-state index in [1.807, 2.05) is 44.2 Å². The SMILES string of the molecule is CC(C)=Cc1nc(COc2cccc([C@@H](CC(=O)O)C3CC3)c2)cnc1-c1cc(C)ncc1F.S. The highest BCUT2D eigenvalue weighted by atomic mass is 32.1. The fraction of sp³-hybridized carbons (Fsp3) is 0.333. The first-order valence-electron chi connectivity index (χ1n) is 11.4. The Hall–Kier alpha value is -3.26. The molecule has 8 heteroatoms. The lowest BCUT2D eigenvalue weighted by molar-refractivity contribution is -0.137. The molecule has 0 radical (unpaired) electrons. The molecule has 0 unspecified atom stereocenters. The number of nitrogens with zero attached hydrogens (tertiary/aromatic N) is 3. The molecule has 1 atom stereocenters. The summed E-state index contributed by atoms with van der Waals surface area (Å²) in [5.41, 5.74) is 4.68. The molecule has 0 saturated heterocycles. The van der Waals surface area contributed by atoms with E-state index in [0.717, 1.165) is 24.0 Å². The Morgan fingerprint density at radius 1 is 1.23 bits per heavy atom. The number of pyridine rings is 1. The summed E-state index contributed by atoms with van der Waals surface area (Å²) in [6.07, 6.45) is 6.91. The number of aryl methyl sites for hydroxylation is 1. The number of carbonyl (C=O) groups is 1. The van der Waals surface area contributed by atoms with E-state index < -0.39 is 11.8 Å². The van der Waals surface area contributed by atoms with E-state index in [-0.39, 0.29) is 32.4 Å². The van der Waals surface area contributed by atoms with Gasteiger partial charge in [-0.05, 0) is 75.3 Å². The van der Waals surface area contributed by atoms with Gasteiger partial charge in [0.05, 0.1) is 35.9 Å². The molecule has 0 amide bonds. The van der Waals surface area contributed by atoms with Gasteiger partial charge in [0.15, 0.2) is 5.82 Å². The molecule has 1 N–H and O–H groups in total. The van der Waals surface area contributed by atoms with Crippen molar-refractivity contribution in [3.8, 4) is 17.0 Å². The first kappa shape index (κ1) is 26.3. The smallest absolute Gasteiger partial charge is 0.303 e. The summed E-state index contributed by atoms with van der Waals surface area (Å²) in [6.45, 7) is 5.88. The lowest BCUT2D eigenvalue weighted by atomic mass is 9.91. The maximum absolute atomic E-state index is 14.5. The van der Waals surface area contributed by atoms with E-state index in [9.17, 15) is 14.3 Å². The van der Waals surface area contributed by atoms with Crippen LogP contribution in [-0.4, -0.2) is 26.0 Å². The van der Waals surface area contributed by atoms with Gasteiger partial charge in [-0.15, -0.1) is 0 Å². The van der Waals surface area contributed by atoms with E-state index >= 15 is 0 Å². The fourth-order valence-electron chi connectivity index (χ4n) is 4.05. The van der Waals surface area contributed by atoms with Gasteiger partial charge in [0.1, 0.15) is 12.4 Å². The maximum Gasteiger partial charge on any atom is 0.303 e. The minimum atomic E-state index is -0.786. The Morgan fingerprint density at radius 2 is 2.00 bits per heavy atom. The predicted octanol–water partition coefficient (Wildman–Crippen LogP) is 6.07. The van der Waals surface area contributed by atoms with Crippen molar-refractivity contribution < 1.29 is 19.0 Å². The molecular formula is C27H30FN3O3S. The normalized spacial score (nSPS) is 13.5. The summed E-state index contributed by atoms with van der Waals surface area (Å²) >= 11 is 0. The molecule has 1 fully saturated rings. The molecule has 4 rings (SSSR count). The monoisotopic (exact) mass is 495 g/mol. The third-order valence-electron chi connectivity index (χ3n) is 5.78. The molecule has 1 aromatic carbocycles. The largest absolute Gasteiger partial charge is 0.487 e. The Kier molecular flexibility index (Phi) is 8.62. The standard InChI is InChI=1S/C27H28FN3O3.H2S/c1-16(2)9-25-27(23-10-17(3)29-14-24(23)28)30-13-20(31-25)15-34-21-6-4-5-19(11-21)22(12-26(32)33)18-7-8-18;/h4-6,9-11,13-14,18,22H,7-8,12,15H2,1-3H3,(H,32,33);1H2/t22-;/m0./s1. The van der Waals surface area contributed by atoms with Crippen molar-refractivity contribution in [3.63, 3.8) is 0 Å². The molecule has 1 saturated carbocycles. The summed E-state index contributed by atoms with van der Waals surface area (Å²) in [4.78, 5) is 24.5. The average molecular weight is 496 g/mol.